The molecule has 0 spiro atoms. The molecule has 0 bridgehead atoms. The van der Waals surface area contributed by atoms with Crippen molar-refractivity contribution in [2.45, 2.75) is 31.7 Å². The van der Waals surface area contributed by atoms with Crippen LogP contribution in [0.5, 0.6) is 0 Å². The number of aliphatic hydroxyl groups is 1. The zero-order chi connectivity index (χ0) is 17.4. The molecule has 0 fully saturated rings. The zero-order valence-electron chi connectivity index (χ0n) is 15.1. The highest BCUT2D eigenvalue weighted by Crippen LogP contribution is 2.28. The second kappa shape index (κ2) is 8.86. The van der Waals surface area contributed by atoms with E-state index in [1.165, 1.54) is 11.1 Å². The van der Waals surface area contributed by atoms with Gasteiger partial charge in [0.25, 0.3) is 0 Å². The summed E-state index contributed by atoms with van der Waals surface area (Å²) in [5.74, 6) is 0. The van der Waals surface area contributed by atoms with Crippen LogP contribution in [0, 0.1) is 0 Å². The van der Waals surface area contributed by atoms with Gasteiger partial charge in [0.05, 0.1) is 6.61 Å². The third kappa shape index (κ3) is 4.83. The van der Waals surface area contributed by atoms with E-state index in [0.29, 0.717) is 6.54 Å². The van der Waals surface area contributed by atoms with Gasteiger partial charge >= 0.3 is 0 Å². The lowest BCUT2D eigenvalue weighted by Gasteiger charge is -2.40. The van der Waals surface area contributed by atoms with Gasteiger partial charge in [-0.05, 0) is 56.6 Å². The summed E-state index contributed by atoms with van der Waals surface area (Å²) in [6.45, 7) is 3.02. The Morgan fingerprint density at radius 3 is 2.00 bits per heavy atom. The Morgan fingerprint density at radius 2 is 1.50 bits per heavy atom. The molecule has 1 unspecified atom stereocenters. The van der Waals surface area contributed by atoms with Gasteiger partial charge in [-0.3, -0.25) is 0 Å². The van der Waals surface area contributed by atoms with Crippen LogP contribution in [-0.2, 0) is 12.8 Å². The van der Waals surface area contributed by atoms with E-state index >= 15 is 0 Å². The molecule has 2 aromatic rings. The third-order valence-corrected chi connectivity index (χ3v) is 4.91. The number of hydrogen-bond acceptors (Lipinski definition) is 3. The molecular weight excluding hydrogens is 296 g/mol. The van der Waals surface area contributed by atoms with E-state index in [9.17, 15) is 0 Å². The minimum Gasteiger partial charge on any atom is -0.395 e. The number of anilines is 1. The van der Waals surface area contributed by atoms with Crippen LogP contribution in [0.4, 0.5) is 5.69 Å². The van der Waals surface area contributed by atoms with Gasteiger partial charge in [0, 0.05) is 17.8 Å². The van der Waals surface area contributed by atoms with Crippen molar-refractivity contribution in [1.82, 2.24) is 4.90 Å². The zero-order valence-corrected chi connectivity index (χ0v) is 15.1. The predicted octanol–water partition coefficient (Wildman–Crippen LogP) is 3.59. The number of aliphatic hydroxyl groups excluding tert-OH is 1. The van der Waals surface area contributed by atoms with Gasteiger partial charge < -0.3 is 15.3 Å². The van der Waals surface area contributed by atoms with Gasteiger partial charge in [-0.2, -0.15) is 0 Å². The van der Waals surface area contributed by atoms with Crippen LogP contribution in [0.2, 0.25) is 0 Å². The summed E-state index contributed by atoms with van der Waals surface area (Å²) in [5, 5.41) is 12.1. The molecule has 0 saturated heterocycles. The summed E-state index contributed by atoms with van der Waals surface area (Å²) in [6.07, 6.45) is 3.16. The maximum Gasteiger partial charge on any atom is 0.0604 e. The topological polar surface area (TPSA) is 35.5 Å². The Labute approximate surface area is 146 Å². The average molecular weight is 326 g/mol. The van der Waals surface area contributed by atoms with E-state index in [-0.39, 0.29) is 12.1 Å². The highest BCUT2D eigenvalue weighted by molar-refractivity contribution is 5.44. The molecule has 130 valence electrons. The molecule has 0 amide bonds. The first kappa shape index (κ1) is 18.5. The Bertz CT molecular complexity index is 595. The summed E-state index contributed by atoms with van der Waals surface area (Å²) in [6, 6.07) is 19.3. The number of hydrogen-bond donors (Lipinski definition) is 2. The van der Waals surface area contributed by atoms with Crippen LogP contribution in [-0.4, -0.2) is 42.8 Å². The number of likely N-dealkylation sites (N-methyl/N-ethyl adjacent to an activating group) is 1. The van der Waals surface area contributed by atoms with Gasteiger partial charge in [0.2, 0.25) is 0 Å². The van der Waals surface area contributed by atoms with Crippen molar-refractivity contribution < 1.29 is 5.11 Å². The Hall–Kier alpha value is -1.84. The van der Waals surface area contributed by atoms with Gasteiger partial charge in [-0.15, -0.1) is 0 Å². The maximum atomic E-state index is 8.90. The van der Waals surface area contributed by atoms with Crippen LogP contribution >= 0.6 is 0 Å². The predicted molar refractivity (Wildman–Crippen MR) is 103 cm³/mol. The molecule has 2 aromatic carbocycles. The number of nitrogens with one attached hydrogen (secondary N) is 1. The van der Waals surface area contributed by atoms with E-state index < -0.39 is 0 Å². The Balaban J connectivity index is 2.16. The minimum atomic E-state index is 0.112. The van der Waals surface area contributed by atoms with Crippen LogP contribution < -0.4 is 5.32 Å². The SMILES string of the molecule is CCC(Cc1ccccc1)(Cc1ccc(NCCO)cc1)N(C)C. The summed E-state index contributed by atoms with van der Waals surface area (Å²) >= 11 is 0. The van der Waals surface area contributed by atoms with Crippen LogP contribution in [0.1, 0.15) is 24.5 Å². The van der Waals surface area contributed by atoms with Crippen LogP contribution in [0.3, 0.4) is 0 Å². The number of rotatable bonds is 9. The van der Waals surface area contributed by atoms with E-state index in [1.807, 2.05) is 0 Å². The molecule has 1 atom stereocenters. The highest BCUT2D eigenvalue weighted by Gasteiger charge is 2.31. The monoisotopic (exact) mass is 326 g/mol. The third-order valence-electron chi connectivity index (χ3n) is 4.91. The van der Waals surface area contributed by atoms with Crippen LogP contribution in [0.15, 0.2) is 54.6 Å². The van der Waals surface area contributed by atoms with Gasteiger partial charge in [-0.25, -0.2) is 0 Å². The molecular formula is C21H30N2O. The molecule has 0 heterocycles. The molecule has 0 aliphatic heterocycles. The summed E-state index contributed by atoms with van der Waals surface area (Å²) in [5.41, 5.74) is 3.90. The first-order valence-electron chi connectivity index (χ1n) is 8.74. The summed E-state index contributed by atoms with van der Waals surface area (Å²) in [4.78, 5) is 2.37. The second-order valence-corrected chi connectivity index (χ2v) is 6.66. The molecule has 0 saturated carbocycles. The highest BCUT2D eigenvalue weighted by atomic mass is 16.3. The molecule has 2 rings (SSSR count). The fourth-order valence-corrected chi connectivity index (χ4v) is 3.24. The maximum absolute atomic E-state index is 8.90. The van der Waals surface area contributed by atoms with E-state index in [0.717, 1.165) is 24.9 Å². The second-order valence-electron chi connectivity index (χ2n) is 6.66. The van der Waals surface area contributed by atoms with Crippen molar-refractivity contribution in [3.05, 3.63) is 65.7 Å². The molecule has 3 nitrogen and oxygen atoms in total. The van der Waals surface area contributed by atoms with E-state index in [4.69, 9.17) is 5.11 Å². The minimum absolute atomic E-state index is 0.112. The first-order chi connectivity index (χ1) is 11.6. The molecule has 3 heteroatoms. The molecule has 0 radical (unpaired) electrons. The molecule has 2 N–H and O–H groups in total. The lowest BCUT2D eigenvalue weighted by Crippen LogP contribution is -2.47. The van der Waals surface area contributed by atoms with E-state index in [1.54, 1.807) is 0 Å². The van der Waals surface area contributed by atoms with Crippen molar-refractivity contribution in [3.8, 4) is 0 Å². The van der Waals surface area contributed by atoms with Crippen molar-refractivity contribution in [2.24, 2.45) is 0 Å². The molecule has 0 aliphatic rings. The average Bonchev–Trinajstić information content (AvgIpc) is 2.61. The number of benzene rings is 2. The quantitative estimate of drug-likeness (QED) is 0.739. The molecule has 0 aromatic heterocycles. The summed E-state index contributed by atoms with van der Waals surface area (Å²) in [7, 11) is 4.37. The number of nitrogens with zero attached hydrogens (tertiary/aromatic N) is 1. The smallest absolute Gasteiger partial charge is 0.0604 e. The first-order valence-corrected chi connectivity index (χ1v) is 8.74. The lowest BCUT2D eigenvalue weighted by molar-refractivity contribution is 0.143. The molecule has 24 heavy (non-hydrogen) atoms. The standard InChI is InChI=1S/C21H30N2O/c1-4-21(23(2)3,16-18-8-6-5-7-9-18)17-19-10-12-20(13-11-19)22-14-15-24/h5-13,22,24H,4,14-17H2,1-3H3. The Morgan fingerprint density at radius 1 is 0.917 bits per heavy atom. The van der Waals surface area contributed by atoms with Gasteiger partial charge in [-0.1, -0.05) is 49.4 Å². The fraction of sp³-hybridized carbons (Fsp3) is 0.429. The van der Waals surface area contributed by atoms with Gasteiger partial charge in [0.15, 0.2) is 0 Å². The van der Waals surface area contributed by atoms with E-state index in [2.05, 4.69) is 85.8 Å². The van der Waals surface area contributed by atoms with Crippen LogP contribution in [0.25, 0.3) is 0 Å². The van der Waals surface area contributed by atoms with Gasteiger partial charge in [0.1, 0.15) is 0 Å². The normalized spacial score (nSPS) is 13.7. The van der Waals surface area contributed by atoms with Crippen molar-refractivity contribution in [3.63, 3.8) is 0 Å². The Kier molecular flexibility index (Phi) is 6.83. The molecule has 0 aliphatic carbocycles. The summed E-state index contributed by atoms with van der Waals surface area (Å²) < 4.78 is 0. The largest absolute Gasteiger partial charge is 0.395 e. The fourth-order valence-electron chi connectivity index (χ4n) is 3.24. The van der Waals surface area contributed by atoms with Crippen molar-refractivity contribution >= 4 is 5.69 Å². The lowest BCUT2D eigenvalue weighted by atomic mass is 9.81. The van der Waals surface area contributed by atoms with Crippen molar-refractivity contribution in [1.29, 1.82) is 0 Å². The van der Waals surface area contributed by atoms with Crippen molar-refractivity contribution in [2.75, 3.05) is 32.6 Å².